The van der Waals surface area contributed by atoms with E-state index in [-0.39, 0.29) is 6.04 Å². The van der Waals surface area contributed by atoms with Crippen LogP contribution in [0.3, 0.4) is 0 Å². The lowest BCUT2D eigenvalue weighted by Crippen LogP contribution is -2.54. The Bertz CT molecular complexity index is 267. The third-order valence-corrected chi connectivity index (χ3v) is 3.18. The molecule has 1 heterocycles. The minimum atomic E-state index is -0.733. The first-order chi connectivity index (χ1) is 6.97. The third kappa shape index (κ3) is 2.47. The number of likely N-dealkylation sites (tertiary alicyclic amines) is 1. The van der Waals surface area contributed by atoms with Crippen LogP contribution in [0.1, 0.15) is 27.2 Å². The second-order valence-electron chi connectivity index (χ2n) is 4.49. The maximum Gasteiger partial charge on any atom is 0.323 e. The van der Waals surface area contributed by atoms with Crippen molar-refractivity contribution in [3.8, 4) is 0 Å². The van der Waals surface area contributed by atoms with E-state index >= 15 is 0 Å². The average molecular weight is 213 g/mol. The van der Waals surface area contributed by atoms with Crippen molar-refractivity contribution < 1.29 is 9.59 Å². The molecule has 0 bridgehead atoms. The second kappa shape index (κ2) is 4.61. The highest BCUT2D eigenvalue weighted by Crippen LogP contribution is 2.26. The number of rotatable bonds is 0. The maximum atomic E-state index is 11.7. The molecular weight excluding hydrogens is 194 g/mol. The Labute approximate surface area is 90.0 Å². The fraction of sp³-hybridized carbons (Fsp3) is 0.800. The molecule has 3 atom stereocenters. The summed E-state index contributed by atoms with van der Waals surface area (Å²) >= 11 is 0. The number of carbonyl (C=O) groups is 2. The van der Waals surface area contributed by atoms with Crippen molar-refractivity contribution >= 4 is 11.8 Å². The van der Waals surface area contributed by atoms with Crippen LogP contribution in [0.25, 0.3) is 0 Å². The summed E-state index contributed by atoms with van der Waals surface area (Å²) in [5.74, 6) is 4.55. The molecule has 15 heavy (non-hydrogen) atoms. The van der Waals surface area contributed by atoms with Crippen molar-refractivity contribution in [3.63, 3.8) is 0 Å². The van der Waals surface area contributed by atoms with Gasteiger partial charge in [-0.1, -0.05) is 13.8 Å². The Hall–Kier alpha value is -1.10. The number of amides is 2. The number of hydrogen-bond donors (Lipinski definition) is 2. The molecule has 5 nitrogen and oxygen atoms in total. The van der Waals surface area contributed by atoms with Crippen molar-refractivity contribution in [2.45, 2.75) is 33.2 Å². The highest BCUT2D eigenvalue weighted by molar-refractivity contribution is 6.34. The summed E-state index contributed by atoms with van der Waals surface area (Å²) in [4.78, 5) is 24.4. The highest BCUT2D eigenvalue weighted by Gasteiger charge is 2.34. The molecule has 86 valence electrons. The highest BCUT2D eigenvalue weighted by atomic mass is 16.2. The van der Waals surface area contributed by atoms with Crippen molar-refractivity contribution in [2.75, 3.05) is 6.54 Å². The van der Waals surface area contributed by atoms with Crippen LogP contribution >= 0.6 is 0 Å². The molecule has 5 heteroatoms. The van der Waals surface area contributed by atoms with E-state index in [9.17, 15) is 9.59 Å². The SMILES string of the molecule is CC1CC(C)C(C)N(C(=O)C(=O)NN)C1. The Morgan fingerprint density at radius 3 is 2.47 bits per heavy atom. The largest absolute Gasteiger partial charge is 0.331 e. The van der Waals surface area contributed by atoms with Crippen LogP contribution in [0.4, 0.5) is 0 Å². The zero-order valence-corrected chi connectivity index (χ0v) is 9.49. The van der Waals surface area contributed by atoms with E-state index in [4.69, 9.17) is 5.84 Å². The predicted octanol–water partition coefficient (Wildman–Crippen LogP) is -0.131. The van der Waals surface area contributed by atoms with Gasteiger partial charge in [-0.3, -0.25) is 15.0 Å². The van der Waals surface area contributed by atoms with E-state index in [1.165, 1.54) is 0 Å². The quantitative estimate of drug-likeness (QED) is 0.255. The molecule has 3 N–H and O–H groups in total. The maximum absolute atomic E-state index is 11.7. The summed E-state index contributed by atoms with van der Waals surface area (Å²) < 4.78 is 0. The number of hydrazine groups is 1. The molecule has 0 aromatic heterocycles. The van der Waals surface area contributed by atoms with Crippen molar-refractivity contribution in [2.24, 2.45) is 17.7 Å². The average Bonchev–Trinajstić information content (AvgIpc) is 2.21. The lowest BCUT2D eigenvalue weighted by Gasteiger charge is -2.40. The van der Waals surface area contributed by atoms with Gasteiger partial charge in [0.15, 0.2) is 0 Å². The molecule has 0 aromatic carbocycles. The van der Waals surface area contributed by atoms with Gasteiger partial charge in [0.05, 0.1) is 0 Å². The van der Waals surface area contributed by atoms with Gasteiger partial charge >= 0.3 is 11.8 Å². The first-order valence-electron chi connectivity index (χ1n) is 5.29. The molecule has 1 fully saturated rings. The van der Waals surface area contributed by atoms with Gasteiger partial charge in [-0.05, 0) is 25.2 Å². The predicted molar refractivity (Wildman–Crippen MR) is 56.5 cm³/mol. The Morgan fingerprint density at radius 1 is 1.33 bits per heavy atom. The van der Waals surface area contributed by atoms with Crippen LogP contribution in [0.2, 0.25) is 0 Å². The first-order valence-corrected chi connectivity index (χ1v) is 5.29. The van der Waals surface area contributed by atoms with Gasteiger partial charge in [-0.15, -0.1) is 0 Å². The molecule has 0 aliphatic carbocycles. The standard InChI is InChI=1S/C10H19N3O2/c1-6-4-7(2)8(3)13(5-6)10(15)9(14)12-11/h6-8H,4-5,11H2,1-3H3,(H,12,14). The van der Waals surface area contributed by atoms with E-state index in [2.05, 4.69) is 13.8 Å². The topological polar surface area (TPSA) is 75.4 Å². The van der Waals surface area contributed by atoms with Crippen molar-refractivity contribution in [1.82, 2.24) is 10.3 Å². The van der Waals surface area contributed by atoms with Crippen molar-refractivity contribution in [3.05, 3.63) is 0 Å². The van der Waals surface area contributed by atoms with Gasteiger partial charge in [0.1, 0.15) is 0 Å². The zero-order valence-electron chi connectivity index (χ0n) is 9.49. The van der Waals surface area contributed by atoms with Gasteiger partial charge in [0, 0.05) is 12.6 Å². The molecule has 0 aromatic rings. The Balaban J connectivity index is 2.74. The normalized spacial score (nSPS) is 31.2. The summed E-state index contributed by atoms with van der Waals surface area (Å²) in [5.41, 5.74) is 1.88. The first kappa shape index (κ1) is 12.0. The molecular formula is C10H19N3O2. The Morgan fingerprint density at radius 2 is 1.93 bits per heavy atom. The summed E-state index contributed by atoms with van der Waals surface area (Å²) in [5, 5.41) is 0. The van der Waals surface area contributed by atoms with Gasteiger partial charge in [0.25, 0.3) is 0 Å². The molecule has 1 saturated heterocycles. The third-order valence-electron chi connectivity index (χ3n) is 3.18. The number of nitrogens with two attached hydrogens (primary N) is 1. The molecule has 2 amide bonds. The number of carbonyl (C=O) groups excluding carboxylic acids is 2. The molecule has 1 rings (SSSR count). The summed E-state index contributed by atoms with van der Waals surface area (Å²) in [6, 6.07) is 0.103. The number of piperidine rings is 1. The smallest absolute Gasteiger partial charge is 0.323 e. The molecule has 3 unspecified atom stereocenters. The number of nitrogens with zero attached hydrogens (tertiary/aromatic N) is 1. The number of nitrogens with one attached hydrogen (secondary N) is 1. The van der Waals surface area contributed by atoms with Crippen LogP contribution in [0, 0.1) is 11.8 Å². The molecule has 0 radical (unpaired) electrons. The van der Waals surface area contributed by atoms with E-state index < -0.39 is 11.8 Å². The van der Waals surface area contributed by atoms with Crippen LogP contribution in [-0.2, 0) is 9.59 Å². The van der Waals surface area contributed by atoms with E-state index in [0.29, 0.717) is 18.4 Å². The molecule has 0 spiro atoms. The summed E-state index contributed by atoms with van der Waals surface area (Å²) in [6.45, 7) is 6.79. The lowest BCUT2D eigenvalue weighted by atomic mass is 9.86. The molecule has 0 saturated carbocycles. The van der Waals surface area contributed by atoms with Gasteiger partial charge < -0.3 is 4.90 Å². The lowest BCUT2D eigenvalue weighted by molar-refractivity contribution is -0.149. The van der Waals surface area contributed by atoms with Gasteiger partial charge in [-0.25, -0.2) is 5.84 Å². The summed E-state index contributed by atoms with van der Waals surface area (Å²) in [7, 11) is 0. The fourth-order valence-electron chi connectivity index (χ4n) is 2.18. The second-order valence-corrected chi connectivity index (χ2v) is 4.49. The Kier molecular flexibility index (Phi) is 3.68. The van der Waals surface area contributed by atoms with Crippen LogP contribution in [0.5, 0.6) is 0 Å². The summed E-state index contributed by atoms with van der Waals surface area (Å²) in [6.07, 6.45) is 1.09. The fourth-order valence-corrected chi connectivity index (χ4v) is 2.18. The molecule has 1 aliphatic rings. The van der Waals surface area contributed by atoms with Gasteiger partial charge in [-0.2, -0.15) is 0 Å². The monoisotopic (exact) mass is 213 g/mol. The zero-order chi connectivity index (χ0) is 11.6. The van der Waals surface area contributed by atoms with E-state index in [1.54, 1.807) is 4.90 Å². The van der Waals surface area contributed by atoms with Crippen LogP contribution in [-0.4, -0.2) is 29.3 Å². The van der Waals surface area contributed by atoms with Crippen molar-refractivity contribution in [1.29, 1.82) is 0 Å². The minimum Gasteiger partial charge on any atom is -0.331 e. The van der Waals surface area contributed by atoms with Gasteiger partial charge in [0.2, 0.25) is 0 Å². The minimum absolute atomic E-state index is 0.103. The number of hydrogen-bond acceptors (Lipinski definition) is 3. The van der Waals surface area contributed by atoms with Crippen LogP contribution in [0.15, 0.2) is 0 Å². The molecule has 1 aliphatic heterocycles. The van der Waals surface area contributed by atoms with Crippen LogP contribution < -0.4 is 11.3 Å². The van der Waals surface area contributed by atoms with E-state index in [1.807, 2.05) is 12.3 Å². The van der Waals surface area contributed by atoms with E-state index in [0.717, 1.165) is 6.42 Å².